The van der Waals surface area contributed by atoms with Gasteiger partial charge in [0.1, 0.15) is 6.17 Å². The molecule has 0 saturated carbocycles. The summed E-state index contributed by atoms with van der Waals surface area (Å²) in [6.07, 6.45) is -1.30. The van der Waals surface area contributed by atoms with Crippen molar-refractivity contribution in [3.05, 3.63) is 0 Å². The molecule has 0 saturated heterocycles. The van der Waals surface area contributed by atoms with Gasteiger partial charge in [0.25, 0.3) is 0 Å². The minimum Gasteiger partial charge on any atom is -0.247 e. The lowest BCUT2D eigenvalue weighted by Crippen LogP contribution is -2.26. The Morgan fingerprint density at radius 2 is 2.11 bits per heavy atom. The summed E-state index contributed by atoms with van der Waals surface area (Å²) >= 11 is 0. The average molecular weight is 155 g/mol. The van der Waals surface area contributed by atoms with Crippen molar-refractivity contribution in [1.82, 2.24) is 4.72 Å². The quantitative estimate of drug-likeness (QED) is 0.618. The highest BCUT2D eigenvalue weighted by atomic mass is 32.2. The Labute approximate surface area is 54.3 Å². The van der Waals surface area contributed by atoms with Crippen molar-refractivity contribution < 1.29 is 12.8 Å². The van der Waals surface area contributed by atoms with E-state index in [1.807, 2.05) is 4.72 Å². The SMILES string of the molecule is CNS(=O)(=O)CC(C)F. The van der Waals surface area contributed by atoms with Crippen LogP contribution in [0, 0.1) is 0 Å². The second kappa shape index (κ2) is 3.12. The lowest BCUT2D eigenvalue weighted by atomic mass is 10.5. The molecule has 0 aromatic heterocycles. The normalized spacial score (nSPS) is 15.4. The third kappa shape index (κ3) is 4.35. The number of hydrogen-bond acceptors (Lipinski definition) is 2. The standard InChI is InChI=1S/C4H10FNO2S/c1-4(5)3-9(7,8)6-2/h4,6H,3H2,1-2H3. The predicted octanol–water partition coefficient (Wildman–Crippen LogP) is -0.106. The van der Waals surface area contributed by atoms with Gasteiger partial charge in [0.05, 0.1) is 5.75 Å². The Balaban J connectivity index is 3.90. The van der Waals surface area contributed by atoms with Crippen molar-refractivity contribution in [2.24, 2.45) is 0 Å². The van der Waals surface area contributed by atoms with Crippen molar-refractivity contribution in [3.8, 4) is 0 Å². The molecule has 0 spiro atoms. The molecule has 0 fully saturated rings. The molecule has 1 unspecified atom stereocenters. The van der Waals surface area contributed by atoms with Gasteiger partial charge in [-0.25, -0.2) is 17.5 Å². The smallest absolute Gasteiger partial charge is 0.214 e. The maximum absolute atomic E-state index is 12.0. The Morgan fingerprint density at radius 1 is 1.67 bits per heavy atom. The maximum Gasteiger partial charge on any atom is 0.214 e. The van der Waals surface area contributed by atoms with Gasteiger partial charge in [0.15, 0.2) is 0 Å². The first-order valence-electron chi connectivity index (χ1n) is 2.53. The number of sulfonamides is 1. The number of hydrogen-bond donors (Lipinski definition) is 1. The highest BCUT2D eigenvalue weighted by Crippen LogP contribution is 1.92. The largest absolute Gasteiger partial charge is 0.247 e. The maximum atomic E-state index is 12.0. The molecule has 56 valence electrons. The minimum atomic E-state index is -3.34. The van der Waals surface area contributed by atoms with Gasteiger partial charge in [-0.3, -0.25) is 0 Å². The van der Waals surface area contributed by atoms with Crippen LogP contribution in [0.4, 0.5) is 4.39 Å². The van der Waals surface area contributed by atoms with Crippen molar-refractivity contribution in [1.29, 1.82) is 0 Å². The summed E-state index contributed by atoms with van der Waals surface area (Å²) in [6, 6.07) is 0. The number of alkyl halides is 1. The van der Waals surface area contributed by atoms with Gasteiger partial charge in [-0.2, -0.15) is 0 Å². The molecule has 0 aliphatic rings. The summed E-state index contributed by atoms with van der Waals surface area (Å²) in [5.74, 6) is -0.455. The molecule has 0 aromatic rings. The van der Waals surface area contributed by atoms with Crippen LogP contribution in [0.3, 0.4) is 0 Å². The summed E-state index contributed by atoms with van der Waals surface area (Å²) < 4.78 is 34.9. The first kappa shape index (κ1) is 8.84. The van der Waals surface area contributed by atoms with Gasteiger partial charge >= 0.3 is 0 Å². The van der Waals surface area contributed by atoms with Crippen molar-refractivity contribution >= 4 is 10.0 Å². The molecule has 0 amide bonds. The third-order valence-electron chi connectivity index (χ3n) is 0.760. The molecule has 0 aliphatic heterocycles. The number of nitrogens with one attached hydrogen (secondary N) is 1. The highest BCUT2D eigenvalue weighted by molar-refractivity contribution is 7.89. The topological polar surface area (TPSA) is 46.2 Å². The molecular formula is C4H10FNO2S. The Morgan fingerprint density at radius 3 is 2.22 bits per heavy atom. The molecule has 0 aliphatic carbocycles. The monoisotopic (exact) mass is 155 g/mol. The van der Waals surface area contributed by atoms with Crippen LogP contribution >= 0.6 is 0 Å². The average Bonchev–Trinajstić information content (AvgIpc) is 1.63. The fourth-order valence-corrected chi connectivity index (χ4v) is 1.16. The molecule has 0 heterocycles. The van der Waals surface area contributed by atoms with Crippen LogP contribution in [0.15, 0.2) is 0 Å². The van der Waals surface area contributed by atoms with Crippen LogP contribution < -0.4 is 4.72 Å². The van der Waals surface area contributed by atoms with E-state index < -0.39 is 21.9 Å². The molecule has 0 bridgehead atoms. The Hall–Kier alpha value is -0.160. The van der Waals surface area contributed by atoms with Gasteiger partial charge < -0.3 is 0 Å². The van der Waals surface area contributed by atoms with E-state index in [1.165, 1.54) is 14.0 Å². The molecule has 5 heteroatoms. The van der Waals surface area contributed by atoms with E-state index in [1.54, 1.807) is 0 Å². The van der Waals surface area contributed by atoms with Gasteiger partial charge in [-0.1, -0.05) is 0 Å². The summed E-state index contributed by atoms with van der Waals surface area (Å²) in [7, 11) is -2.08. The highest BCUT2D eigenvalue weighted by Gasteiger charge is 2.11. The van der Waals surface area contributed by atoms with Crippen LogP contribution in [0.1, 0.15) is 6.92 Å². The van der Waals surface area contributed by atoms with Crippen LogP contribution in [-0.4, -0.2) is 27.4 Å². The lowest BCUT2D eigenvalue weighted by molar-refractivity contribution is 0.390. The predicted molar refractivity (Wildman–Crippen MR) is 33.4 cm³/mol. The second-order valence-electron chi connectivity index (χ2n) is 1.77. The van der Waals surface area contributed by atoms with E-state index in [9.17, 15) is 12.8 Å². The molecule has 9 heavy (non-hydrogen) atoms. The molecule has 3 nitrogen and oxygen atoms in total. The summed E-state index contributed by atoms with van der Waals surface area (Å²) in [4.78, 5) is 0. The first-order valence-corrected chi connectivity index (χ1v) is 4.18. The van der Waals surface area contributed by atoms with Crippen molar-refractivity contribution in [2.45, 2.75) is 13.1 Å². The third-order valence-corrected chi connectivity index (χ3v) is 2.28. The molecule has 0 rings (SSSR count). The van der Waals surface area contributed by atoms with E-state index in [2.05, 4.69) is 0 Å². The zero-order valence-electron chi connectivity index (χ0n) is 5.39. The fraction of sp³-hybridized carbons (Fsp3) is 1.00. The van der Waals surface area contributed by atoms with Crippen LogP contribution in [0.2, 0.25) is 0 Å². The fourth-order valence-electron chi connectivity index (χ4n) is 0.386. The van der Waals surface area contributed by atoms with E-state index in [-0.39, 0.29) is 0 Å². The molecular weight excluding hydrogens is 145 g/mol. The van der Waals surface area contributed by atoms with Gasteiger partial charge in [0, 0.05) is 0 Å². The van der Waals surface area contributed by atoms with Gasteiger partial charge in [0.2, 0.25) is 10.0 Å². The van der Waals surface area contributed by atoms with E-state index in [0.717, 1.165) is 0 Å². The summed E-state index contributed by atoms with van der Waals surface area (Å²) in [5, 5.41) is 0. The van der Waals surface area contributed by atoms with E-state index in [0.29, 0.717) is 0 Å². The Kier molecular flexibility index (Phi) is 3.07. The zero-order chi connectivity index (χ0) is 7.49. The van der Waals surface area contributed by atoms with Crippen LogP contribution in [-0.2, 0) is 10.0 Å². The van der Waals surface area contributed by atoms with Crippen LogP contribution in [0.5, 0.6) is 0 Å². The molecule has 1 N–H and O–H groups in total. The number of rotatable bonds is 3. The molecule has 0 aromatic carbocycles. The second-order valence-corrected chi connectivity index (χ2v) is 3.74. The van der Waals surface area contributed by atoms with Crippen molar-refractivity contribution in [3.63, 3.8) is 0 Å². The summed E-state index contributed by atoms with van der Waals surface area (Å²) in [5.41, 5.74) is 0. The Bertz CT molecular complexity index is 163. The zero-order valence-corrected chi connectivity index (χ0v) is 6.20. The molecule has 1 atom stereocenters. The summed E-state index contributed by atoms with van der Waals surface area (Å²) in [6.45, 7) is 1.20. The number of halogens is 1. The van der Waals surface area contributed by atoms with Crippen LogP contribution in [0.25, 0.3) is 0 Å². The van der Waals surface area contributed by atoms with Gasteiger partial charge in [-0.05, 0) is 14.0 Å². The molecule has 0 radical (unpaired) electrons. The van der Waals surface area contributed by atoms with Crippen molar-refractivity contribution in [2.75, 3.05) is 12.8 Å². The lowest BCUT2D eigenvalue weighted by Gasteiger charge is -2.00. The van der Waals surface area contributed by atoms with E-state index in [4.69, 9.17) is 0 Å². The first-order chi connectivity index (χ1) is 3.98. The van der Waals surface area contributed by atoms with E-state index >= 15 is 0 Å². The minimum absolute atomic E-state index is 0.455. The van der Waals surface area contributed by atoms with Gasteiger partial charge in [-0.15, -0.1) is 0 Å².